The van der Waals surface area contributed by atoms with Crippen molar-refractivity contribution in [3.8, 4) is 5.75 Å². The summed E-state index contributed by atoms with van der Waals surface area (Å²) in [5, 5.41) is 0. The van der Waals surface area contributed by atoms with Crippen LogP contribution >= 0.6 is 15.9 Å². The molecule has 0 unspecified atom stereocenters. The lowest BCUT2D eigenvalue weighted by molar-refractivity contribution is 0.00257. The van der Waals surface area contributed by atoms with Crippen LogP contribution in [-0.4, -0.2) is 70.9 Å². The molecule has 0 radical (unpaired) electrons. The quantitative estimate of drug-likeness (QED) is 0.439. The zero-order valence-corrected chi connectivity index (χ0v) is 20.7. The number of hydrogen-bond acceptors (Lipinski definition) is 5. The van der Waals surface area contributed by atoms with Crippen molar-refractivity contribution in [1.82, 2.24) is 19.7 Å². The Morgan fingerprint density at radius 1 is 0.912 bits per heavy atom. The van der Waals surface area contributed by atoms with Crippen molar-refractivity contribution in [2.45, 2.75) is 19.2 Å². The fraction of sp³-hybridized carbons (Fsp3) is 0.333. The minimum Gasteiger partial charge on any atom is -0.487 e. The molecular formula is C27H29BrN4O2. The van der Waals surface area contributed by atoms with Crippen LogP contribution in [0.15, 0.2) is 77.4 Å². The molecule has 0 spiro atoms. The van der Waals surface area contributed by atoms with Crippen LogP contribution in [-0.2, 0) is 13.2 Å². The SMILES string of the molecule is O=C(c1ccccc1)N1CCN(C2CN(Cc3ccc(OCc4cccc(Br)n4)cc3)C2)CC1. The van der Waals surface area contributed by atoms with Crippen LogP contribution in [0.4, 0.5) is 0 Å². The molecule has 1 amide bonds. The lowest BCUT2D eigenvalue weighted by atomic mass is 10.0. The Morgan fingerprint density at radius 3 is 2.35 bits per heavy atom. The van der Waals surface area contributed by atoms with E-state index in [-0.39, 0.29) is 5.91 Å². The second-order valence-electron chi connectivity index (χ2n) is 8.93. The van der Waals surface area contributed by atoms with E-state index in [1.165, 1.54) is 5.56 Å². The molecule has 176 valence electrons. The first kappa shape index (κ1) is 23.0. The van der Waals surface area contributed by atoms with Crippen molar-refractivity contribution in [3.63, 3.8) is 0 Å². The summed E-state index contributed by atoms with van der Waals surface area (Å²) in [7, 11) is 0. The minimum atomic E-state index is 0.149. The van der Waals surface area contributed by atoms with Crippen LogP contribution in [0.3, 0.4) is 0 Å². The Bertz CT molecular complexity index is 1100. The summed E-state index contributed by atoms with van der Waals surface area (Å²) in [6, 6.07) is 24.4. The maximum atomic E-state index is 12.7. The van der Waals surface area contributed by atoms with Crippen LogP contribution in [0.2, 0.25) is 0 Å². The number of carbonyl (C=O) groups is 1. The van der Waals surface area contributed by atoms with Gasteiger partial charge in [0, 0.05) is 57.4 Å². The molecule has 0 aliphatic carbocycles. The summed E-state index contributed by atoms with van der Waals surface area (Å²) in [4.78, 5) is 24.1. The van der Waals surface area contributed by atoms with Crippen molar-refractivity contribution in [1.29, 1.82) is 0 Å². The highest BCUT2D eigenvalue weighted by atomic mass is 79.9. The number of benzene rings is 2. The number of hydrogen-bond donors (Lipinski definition) is 0. The monoisotopic (exact) mass is 520 g/mol. The summed E-state index contributed by atoms with van der Waals surface area (Å²) in [5.74, 6) is 1.01. The number of carbonyl (C=O) groups excluding carboxylic acids is 1. The fourth-order valence-corrected chi connectivity index (χ4v) is 4.97. The van der Waals surface area contributed by atoms with E-state index in [1.807, 2.05) is 65.6 Å². The maximum Gasteiger partial charge on any atom is 0.253 e. The van der Waals surface area contributed by atoms with Gasteiger partial charge in [-0.25, -0.2) is 4.98 Å². The van der Waals surface area contributed by atoms with Crippen LogP contribution in [0.1, 0.15) is 21.6 Å². The maximum absolute atomic E-state index is 12.7. The largest absolute Gasteiger partial charge is 0.487 e. The van der Waals surface area contributed by atoms with Gasteiger partial charge in [-0.15, -0.1) is 0 Å². The average molecular weight is 521 g/mol. The summed E-state index contributed by atoms with van der Waals surface area (Å²) < 4.78 is 6.68. The lowest BCUT2D eigenvalue weighted by Crippen LogP contribution is -2.63. The Morgan fingerprint density at radius 2 is 1.65 bits per heavy atom. The van der Waals surface area contributed by atoms with Gasteiger partial charge in [0.05, 0.1) is 5.69 Å². The van der Waals surface area contributed by atoms with E-state index >= 15 is 0 Å². The van der Waals surface area contributed by atoms with Crippen LogP contribution in [0.5, 0.6) is 5.75 Å². The van der Waals surface area contributed by atoms with Crippen molar-refractivity contribution < 1.29 is 9.53 Å². The third-order valence-electron chi connectivity index (χ3n) is 6.57. The second kappa shape index (κ2) is 10.7. The number of nitrogens with zero attached hydrogens (tertiary/aromatic N) is 4. The Kier molecular flexibility index (Phi) is 7.23. The molecule has 1 aromatic heterocycles. The van der Waals surface area contributed by atoms with E-state index in [9.17, 15) is 4.79 Å². The summed E-state index contributed by atoms with van der Waals surface area (Å²) >= 11 is 3.39. The normalized spacial score (nSPS) is 17.4. The molecular weight excluding hydrogens is 492 g/mol. The number of rotatable bonds is 7. The highest BCUT2D eigenvalue weighted by Gasteiger charge is 2.34. The van der Waals surface area contributed by atoms with E-state index < -0.39 is 0 Å². The van der Waals surface area contributed by atoms with Gasteiger partial charge in [0.15, 0.2) is 0 Å². The van der Waals surface area contributed by atoms with Gasteiger partial charge in [0.2, 0.25) is 0 Å². The summed E-state index contributed by atoms with van der Waals surface area (Å²) in [6.07, 6.45) is 0. The van der Waals surface area contributed by atoms with E-state index in [0.717, 1.165) is 67.4 Å². The van der Waals surface area contributed by atoms with Gasteiger partial charge in [-0.3, -0.25) is 14.6 Å². The number of pyridine rings is 1. The Labute approximate surface area is 209 Å². The molecule has 34 heavy (non-hydrogen) atoms. The topological polar surface area (TPSA) is 48.9 Å². The highest BCUT2D eigenvalue weighted by Crippen LogP contribution is 2.22. The molecule has 0 N–H and O–H groups in total. The van der Waals surface area contributed by atoms with Crippen molar-refractivity contribution >= 4 is 21.8 Å². The van der Waals surface area contributed by atoms with E-state index in [1.54, 1.807) is 0 Å². The molecule has 2 aromatic carbocycles. The van der Waals surface area contributed by atoms with E-state index in [4.69, 9.17) is 4.74 Å². The fourth-order valence-electron chi connectivity index (χ4n) is 4.59. The molecule has 2 fully saturated rings. The van der Waals surface area contributed by atoms with Crippen LogP contribution < -0.4 is 4.74 Å². The summed E-state index contributed by atoms with van der Waals surface area (Å²) in [5.41, 5.74) is 2.98. The van der Waals surface area contributed by atoms with Gasteiger partial charge in [0.25, 0.3) is 5.91 Å². The molecule has 6 nitrogen and oxygen atoms in total. The van der Waals surface area contributed by atoms with Crippen molar-refractivity contribution in [2.24, 2.45) is 0 Å². The molecule has 7 heteroatoms. The molecule has 0 bridgehead atoms. The van der Waals surface area contributed by atoms with E-state index in [0.29, 0.717) is 12.6 Å². The van der Waals surface area contributed by atoms with Gasteiger partial charge in [-0.2, -0.15) is 0 Å². The van der Waals surface area contributed by atoms with Crippen molar-refractivity contribution in [3.05, 3.63) is 94.2 Å². The first-order valence-corrected chi connectivity index (χ1v) is 12.6. The van der Waals surface area contributed by atoms with Gasteiger partial charge in [0.1, 0.15) is 17.0 Å². The lowest BCUT2D eigenvalue weighted by Gasteiger charge is -2.48. The highest BCUT2D eigenvalue weighted by molar-refractivity contribution is 9.10. The minimum absolute atomic E-state index is 0.149. The number of halogens is 1. The smallest absolute Gasteiger partial charge is 0.253 e. The molecule has 2 aliphatic heterocycles. The zero-order valence-electron chi connectivity index (χ0n) is 19.1. The number of ether oxygens (including phenoxy) is 1. The number of aromatic nitrogens is 1. The predicted molar refractivity (Wildman–Crippen MR) is 136 cm³/mol. The average Bonchev–Trinajstić information content (AvgIpc) is 2.86. The molecule has 5 rings (SSSR count). The second-order valence-corrected chi connectivity index (χ2v) is 9.74. The van der Waals surface area contributed by atoms with Gasteiger partial charge in [-0.05, 0) is 57.9 Å². The number of likely N-dealkylation sites (tertiary alicyclic amines) is 1. The Hall–Kier alpha value is -2.74. The van der Waals surface area contributed by atoms with Crippen LogP contribution in [0.25, 0.3) is 0 Å². The molecule has 3 aromatic rings. The van der Waals surface area contributed by atoms with Gasteiger partial charge >= 0.3 is 0 Å². The summed E-state index contributed by atoms with van der Waals surface area (Å²) in [6.45, 7) is 7.10. The first-order valence-electron chi connectivity index (χ1n) is 11.8. The first-order chi connectivity index (χ1) is 16.6. The van der Waals surface area contributed by atoms with E-state index in [2.05, 4.69) is 42.8 Å². The third-order valence-corrected chi connectivity index (χ3v) is 7.01. The molecule has 0 saturated carbocycles. The molecule has 2 aliphatic rings. The van der Waals surface area contributed by atoms with Crippen LogP contribution in [0, 0.1) is 0 Å². The number of amides is 1. The third kappa shape index (κ3) is 5.66. The standard InChI is InChI=1S/C27H29BrN4O2/c28-26-8-4-7-23(29-26)20-34-25-11-9-21(10-12-25)17-30-18-24(19-30)31-13-15-32(16-14-31)27(33)22-5-2-1-3-6-22/h1-12,24H,13-20H2. The molecule has 0 atom stereocenters. The van der Waals surface area contributed by atoms with Crippen molar-refractivity contribution in [2.75, 3.05) is 39.3 Å². The van der Waals surface area contributed by atoms with Gasteiger partial charge < -0.3 is 9.64 Å². The molecule has 3 heterocycles. The van der Waals surface area contributed by atoms with Gasteiger partial charge in [-0.1, -0.05) is 36.4 Å². The Balaban J connectivity index is 1.03. The number of piperazine rings is 1. The predicted octanol–water partition coefficient (Wildman–Crippen LogP) is 4.07. The zero-order chi connectivity index (χ0) is 23.3. The molecule has 2 saturated heterocycles.